The Morgan fingerprint density at radius 1 is 1.31 bits per heavy atom. The Balaban J connectivity index is 1.64. The summed E-state index contributed by atoms with van der Waals surface area (Å²) in [5.41, 5.74) is 0.333. The zero-order valence-electron chi connectivity index (χ0n) is 15.9. The van der Waals surface area contributed by atoms with Crippen molar-refractivity contribution in [1.82, 2.24) is 10.2 Å². The number of benzene rings is 1. The molecule has 1 heterocycles. The Kier molecular flexibility index (Phi) is 5.09. The summed E-state index contributed by atoms with van der Waals surface area (Å²) in [5.74, 6) is 1.58. The van der Waals surface area contributed by atoms with E-state index in [-0.39, 0.29) is 17.9 Å². The molecule has 2 atom stereocenters. The number of rotatable bonds is 8. The lowest BCUT2D eigenvalue weighted by molar-refractivity contribution is -0.901. The second kappa shape index (κ2) is 7.15. The molecule has 2 fully saturated rings. The Morgan fingerprint density at radius 3 is 2.65 bits per heavy atom. The highest BCUT2D eigenvalue weighted by molar-refractivity contribution is 6.07. The van der Waals surface area contributed by atoms with E-state index in [9.17, 15) is 9.59 Å². The van der Waals surface area contributed by atoms with Gasteiger partial charge >= 0.3 is 6.03 Å². The number of urea groups is 1. The number of imide groups is 1. The third-order valence-electron chi connectivity index (χ3n) is 5.16. The first kappa shape index (κ1) is 18.5. The number of methoxy groups -OCH3 is 1. The van der Waals surface area contributed by atoms with Crippen LogP contribution < -0.4 is 19.7 Å². The minimum Gasteiger partial charge on any atom is -0.493 e. The average molecular weight is 362 g/mol. The van der Waals surface area contributed by atoms with Crippen LogP contribution in [0.2, 0.25) is 0 Å². The molecule has 0 radical (unpaired) electrons. The van der Waals surface area contributed by atoms with Gasteiger partial charge in [0.2, 0.25) is 0 Å². The highest BCUT2D eigenvalue weighted by Crippen LogP contribution is 2.42. The lowest BCUT2D eigenvalue weighted by Gasteiger charge is -2.22. The van der Waals surface area contributed by atoms with Gasteiger partial charge in [-0.3, -0.25) is 4.79 Å². The van der Waals surface area contributed by atoms with Crippen LogP contribution in [0.1, 0.15) is 32.3 Å². The SMILES string of the molecule is CCOc1ccc(C[NH+](C)CN2C(=O)N[C@](C)(C3CC3)C2=O)cc1OC. The molecule has 7 heteroatoms. The Hall–Kier alpha value is -2.28. The summed E-state index contributed by atoms with van der Waals surface area (Å²) in [6.07, 6.45) is 2.01. The predicted octanol–water partition coefficient (Wildman–Crippen LogP) is 0.787. The van der Waals surface area contributed by atoms with Gasteiger partial charge in [0, 0.05) is 5.56 Å². The first-order chi connectivity index (χ1) is 12.4. The number of ether oxygens (including phenoxy) is 2. The van der Waals surface area contributed by atoms with Crippen LogP contribution in [-0.2, 0) is 11.3 Å². The molecule has 1 aliphatic carbocycles. The quantitative estimate of drug-likeness (QED) is 0.671. The molecule has 1 saturated carbocycles. The normalized spacial score (nSPS) is 23.8. The minimum absolute atomic E-state index is 0.103. The summed E-state index contributed by atoms with van der Waals surface area (Å²) in [7, 11) is 3.58. The molecule has 0 bridgehead atoms. The minimum atomic E-state index is -0.722. The van der Waals surface area contributed by atoms with Gasteiger partial charge in [-0.1, -0.05) is 0 Å². The van der Waals surface area contributed by atoms with Gasteiger partial charge in [0.1, 0.15) is 12.1 Å². The fourth-order valence-corrected chi connectivity index (χ4v) is 3.57. The average Bonchev–Trinajstić information content (AvgIpc) is 3.43. The van der Waals surface area contributed by atoms with Gasteiger partial charge in [0.25, 0.3) is 5.91 Å². The van der Waals surface area contributed by atoms with Gasteiger partial charge < -0.3 is 19.7 Å². The maximum Gasteiger partial charge on any atom is 0.329 e. The Labute approximate surface area is 154 Å². The molecule has 3 rings (SSSR count). The first-order valence-electron chi connectivity index (χ1n) is 9.14. The van der Waals surface area contributed by atoms with Crippen molar-refractivity contribution >= 4 is 11.9 Å². The van der Waals surface area contributed by atoms with Crippen LogP contribution in [0.15, 0.2) is 18.2 Å². The smallest absolute Gasteiger partial charge is 0.329 e. The molecule has 0 aromatic heterocycles. The maximum atomic E-state index is 12.7. The van der Waals surface area contributed by atoms with Crippen molar-refractivity contribution < 1.29 is 24.0 Å². The lowest BCUT2D eigenvalue weighted by Crippen LogP contribution is -3.09. The van der Waals surface area contributed by atoms with Gasteiger partial charge in [0.05, 0.1) is 20.8 Å². The summed E-state index contributed by atoms with van der Waals surface area (Å²) >= 11 is 0. The molecule has 7 nitrogen and oxygen atoms in total. The summed E-state index contributed by atoms with van der Waals surface area (Å²) < 4.78 is 10.9. The van der Waals surface area contributed by atoms with E-state index in [2.05, 4.69) is 5.32 Å². The molecular formula is C19H28N3O4+. The lowest BCUT2D eigenvalue weighted by atomic mass is 9.96. The van der Waals surface area contributed by atoms with Crippen molar-refractivity contribution in [2.75, 3.05) is 27.4 Å². The molecule has 1 unspecified atom stereocenters. The third kappa shape index (κ3) is 3.49. The second-order valence-corrected chi connectivity index (χ2v) is 7.35. The molecule has 1 saturated heterocycles. The summed E-state index contributed by atoms with van der Waals surface area (Å²) in [4.78, 5) is 27.4. The van der Waals surface area contributed by atoms with E-state index < -0.39 is 5.54 Å². The number of nitrogens with zero attached hydrogens (tertiary/aromatic N) is 1. The van der Waals surface area contributed by atoms with E-state index in [0.29, 0.717) is 31.3 Å². The van der Waals surface area contributed by atoms with Crippen LogP contribution in [0.25, 0.3) is 0 Å². The zero-order valence-corrected chi connectivity index (χ0v) is 15.9. The molecular weight excluding hydrogens is 334 g/mol. The van der Waals surface area contributed by atoms with E-state index in [0.717, 1.165) is 23.3 Å². The van der Waals surface area contributed by atoms with E-state index in [4.69, 9.17) is 9.47 Å². The van der Waals surface area contributed by atoms with Gasteiger partial charge in [-0.15, -0.1) is 0 Å². The standard InChI is InChI=1S/C19H27N3O4/c1-5-26-15-9-6-13(10-16(15)25-4)11-21(3)12-22-17(23)19(2,14-7-8-14)20-18(22)24/h6,9-10,14H,5,7-8,11-12H2,1-4H3,(H,20,24)/p+1/t19-/m1/s1. The number of nitrogens with one attached hydrogen (secondary N) is 2. The Morgan fingerprint density at radius 2 is 2.04 bits per heavy atom. The van der Waals surface area contributed by atoms with Gasteiger partial charge in [-0.2, -0.15) is 0 Å². The van der Waals surface area contributed by atoms with Crippen LogP contribution in [0.3, 0.4) is 0 Å². The molecule has 2 aliphatic rings. The highest BCUT2D eigenvalue weighted by atomic mass is 16.5. The van der Waals surface area contributed by atoms with E-state index in [1.165, 1.54) is 4.90 Å². The van der Waals surface area contributed by atoms with Crippen LogP contribution >= 0.6 is 0 Å². The number of carbonyl (C=O) groups is 2. The van der Waals surface area contributed by atoms with Crippen LogP contribution in [0.4, 0.5) is 4.79 Å². The summed E-state index contributed by atoms with van der Waals surface area (Å²) in [5, 5.41) is 2.89. The zero-order chi connectivity index (χ0) is 18.9. The highest BCUT2D eigenvalue weighted by Gasteiger charge is 2.56. The fourth-order valence-electron chi connectivity index (χ4n) is 3.57. The third-order valence-corrected chi connectivity index (χ3v) is 5.16. The van der Waals surface area contributed by atoms with Crippen LogP contribution in [0, 0.1) is 5.92 Å². The number of quaternary nitrogens is 1. The number of amides is 3. The van der Waals surface area contributed by atoms with Gasteiger partial charge in [0.15, 0.2) is 18.2 Å². The van der Waals surface area contributed by atoms with Crippen LogP contribution in [-0.4, -0.2) is 49.8 Å². The van der Waals surface area contributed by atoms with Crippen molar-refractivity contribution in [2.24, 2.45) is 5.92 Å². The van der Waals surface area contributed by atoms with E-state index >= 15 is 0 Å². The molecule has 142 valence electrons. The fraction of sp³-hybridized carbons (Fsp3) is 0.579. The number of hydrogen-bond donors (Lipinski definition) is 2. The topological polar surface area (TPSA) is 72.3 Å². The first-order valence-corrected chi connectivity index (χ1v) is 9.14. The Bertz CT molecular complexity index is 704. The van der Waals surface area contributed by atoms with Gasteiger partial charge in [-0.05, 0) is 50.8 Å². The predicted molar refractivity (Wildman–Crippen MR) is 96.1 cm³/mol. The van der Waals surface area contributed by atoms with Crippen molar-refractivity contribution in [3.8, 4) is 11.5 Å². The van der Waals surface area contributed by atoms with Gasteiger partial charge in [-0.25, -0.2) is 9.69 Å². The molecule has 1 aliphatic heterocycles. The van der Waals surface area contributed by atoms with Crippen LogP contribution in [0.5, 0.6) is 11.5 Å². The maximum absolute atomic E-state index is 12.7. The van der Waals surface area contributed by atoms with Crippen molar-refractivity contribution in [2.45, 2.75) is 38.8 Å². The molecule has 26 heavy (non-hydrogen) atoms. The molecule has 0 spiro atoms. The summed E-state index contributed by atoms with van der Waals surface area (Å²) in [6.45, 7) is 5.35. The summed E-state index contributed by atoms with van der Waals surface area (Å²) in [6, 6.07) is 5.53. The van der Waals surface area contributed by atoms with Crippen molar-refractivity contribution in [3.63, 3.8) is 0 Å². The molecule has 3 amide bonds. The number of carbonyl (C=O) groups excluding carboxylic acids is 2. The monoisotopic (exact) mass is 362 g/mol. The second-order valence-electron chi connectivity index (χ2n) is 7.35. The van der Waals surface area contributed by atoms with Crippen molar-refractivity contribution in [3.05, 3.63) is 23.8 Å². The molecule has 2 N–H and O–H groups in total. The molecule has 1 aromatic carbocycles. The van der Waals surface area contributed by atoms with Crippen molar-refractivity contribution in [1.29, 1.82) is 0 Å². The van der Waals surface area contributed by atoms with E-state index in [1.807, 2.05) is 39.1 Å². The molecule has 1 aromatic rings. The van der Waals surface area contributed by atoms with E-state index in [1.54, 1.807) is 7.11 Å². The largest absolute Gasteiger partial charge is 0.493 e. The number of hydrogen-bond acceptors (Lipinski definition) is 4.